The molecule has 0 unspecified atom stereocenters. The Morgan fingerprint density at radius 1 is 1.12 bits per heavy atom. The minimum absolute atomic E-state index is 0.0213. The lowest BCUT2D eigenvalue weighted by atomic mass is 9.85. The van der Waals surface area contributed by atoms with Gasteiger partial charge in [0.2, 0.25) is 0 Å². The Bertz CT molecular complexity index is 887. The summed E-state index contributed by atoms with van der Waals surface area (Å²) in [6.45, 7) is 2.70. The topological polar surface area (TPSA) is 69.2 Å². The van der Waals surface area contributed by atoms with E-state index < -0.39 is 0 Å². The van der Waals surface area contributed by atoms with Crippen LogP contribution in [0.3, 0.4) is 0 Å². The number of ether oxygens (including phenoxy) is 2. The maximum Gasteiger partial charge on any atom is 0.162 e. The van der Waals surface area contributed by atoms with Crippen LogP contribution >= 0.6 is 0 Å². The van der Waals surface area contributed by atoms with E-state index in [1.165, 1.54) is 0 Å². The van der Waals surface area contributed by atoms with E-state index in [-0.39, 0.29) is 18.2 Å². The van der Waals surface area contributed by atoms with Gasteiger partial charge in [-0.15, -0.1) is 0 Å². The molecule has 0 radical (unpaired) electrons. The molecule has 0 spiro atoms. The summed E-state index contributed by atoms with van der Waals surface area (Å²) in [5.74, 6) is 1.51. The van der Waals surface area contributed by atoms with Gasteiger partial charge in [-0.1, -0.05) is 12.1 Å². The largest absolute Gasteiger partial charge is 0.377 e. The minimum Gasteiger partial charge on any atom is -0.377 e. The van der Waals surface area contributed by atoms with Crippen LogP contribution in [0.15, 0.2) is 48.8 Å². The Labute approximate surface area is 152 Å². The zero-order valence-electron chi connectivity index (χ0n) is 14.9. The highest BCUT2D eigenvalue weighted by Crippen LogP contribution is 2.32. The van der Waals surface area contributed by atoms with Crippen molar-refractivity contribution in [1.29, 1.82) is 0 Å². The van der Waals surface area contributed by atoms with Gasteiger partial charge in [0.1, 0.15) is 11.9 Å². The van der Waals surface area contributed by atoms with Crippen molar-refractivity contribution in [1.82, 2.24) is 15.0 Å². The molecule has 0 amide bonds. The number of pyridine rings is 1. The van der Waals surface area contributed by atoms with Gasteiger partial charge in [-0.25, -0.2) is 9.97 Å². The van der Waals surface area contributed by atoms with Crippen molar-refractivity contribution in [3.63, 3.8) is 0 Å². The number of nitrogens with one attached hydrogen (secondary N) is 1. The Hall–Kier alpha value is -2.57. The molecule has 2 heterocycles. The third-order valence-electron chi connectivity index (χ3n) is 4.77. The molecule has 134 valence electrons. The highest BCUT2D eigenvalue weighted by atomic mass is 16.5. The van der Waals surface area contributed by atoms with Crippen LogP contribution in [0, 0.1) is 0 Å². The molecule has 1 N–H and O–H groups in total. The molecule has 0 saturated heterocycles. The highest BCUT2D eigenvalue weighted by molar-refractivity contribution is 5.90. The molecular weight excluding hydrogens is 328 g/mol. The maximum atomic E-state index is 5.73. The molecule has 0 bridgehead atoms. The van der Waals surface area contributed by atoms with Crippen LogP contribution in [0.2, 0.25) is 0 Å². The lowest BCUT2D eigenvalue weighted by Gasteiger charge is -2.43. The van der Waals surface area contributed by atoms with Gasteiger partial charge in [0.15, 0.2) is 5.82 Å². The molecule has 6 heteroatoms. The zero-order valence-corrected chi connectivity index (χ0v) is 14.9. The Morgan fingerprint density at radius 3 is 2.69 bits per heavy atom. The third kappa shape index (κ3) is 3.13. The smallest absolute Gasteiger partial charge is 0.162 e. The van der Waals surface area contributed by atoms with Gasteiger partial charge in [0.25, 0.3) is 0 Å². The van der Waals surface area contributed by atoms with Crippen LogP contribution in [0.1, 0.15) is 13.3 Å². The fourth-order valence-electron chi connectivity index (χ4n) is 3.41. The molecule has 1 aliphatic rings. The minimum atomic E-state index is 0.0213. The molecule has 26 heavy (non-hydrogen) atoms. The average molecular weight is 350 g/mol. The lowest BCUT2D eigenvalue weighted by Crippen LogP contribution is -2.57. The van der Waals surface area contributed by atoms with Crippen molar-refractivity contribution in [2.24, 2.45) is 0 Å². The first-order valence-corrected chi connectivity index (χ1v) is 8.88. The van der Waals surface area contributed by atoms with Crippen molar-refractivity contribution < 1.29 is 9.47 Å². The van der Waals surface area contributed by atoms with E-state index in [1.54, 1.807) is 19.5 Å². The Balaban J connectivity index is 1.68. The quantitative estimate of drug-likeness (QED) is 0.736. The number of nitrogens with zero attached hydrogens (tertiary/aromatic N) is 3. The summed E-state index contributed by atoms with van der Waals surface area (Å²) in [7, 11) is 1.73. The lowest BCUT2D eigenvalue weighted by molar-refractivity contribution is -0.118. The highest BCUT2D eigenvalue weighted by Gasteiger charge is 2.42. The number of benzene rings is 1. The molecule has 0 aliphatic heterocycles. The number of anilines is 1. The maximum absolute atomic E-state index is 5.73. The summed E-state index contributed by atoms with van der Waals surface area (Å²) in [5.41, 5.74) is 1.85. The number of methoxy groups -OCH3 is 1. The number of hydrogen-bond donors (Lipinski definition) is 1. The summed E-state index contributed by atoms with van der Waals surface area (Å²) < 4.78 is 11.3. The first kappa shape index (κ1) is 16.9. The van der Waals surface area contributed by atoms with Crippen LogP contribution in [0.4, 0.5) is 5.82 Å². The predicted octanol–water partition coefficient (Wildman–Crippen LogP) is 3.30. The molecule has 1 saturated carbocycles. The number of rotatable bonds is 6. The number of fused-ring (bicyclic) bond motifs is 1. The second-order valence-corrected chi connectivity index (χ2v) is 6.33. The second-order valence-electron chi connectivity index (χ2n) is 6.33. The van der Waals surface area contributed by atoms with Crippen molar-refractivity contribution in [3.8, 4) is 11.4 Å². The van der Waals surface area contributed by atoms with Crippen molar-refractivity contribution >= 4 is 16.7 Å². The third-order valence-corrected chi connectivity index (χ3v) is 4.77. The summed E-state index contributed by atoms with van der Waals surface area (Å²) in [5, 5.41) is 4.55. The van der Waals surface area contributed by atoms with Crippen molar-refractivity contribution in [3.05, 3.63) is 48.8 Å². The molecule has 4 rings (SSSR count). The van der Waals surface area contributed by atoms with Gasteiger partial charge in [0.05, 0.1) is 17.7 Å². The SMILES string of the molecule is CCO[C@@H]1C[C@@H](Nc2nc(-c3ccncc3)nc3ccccc23)[C@@H]1OC. The number of para-hydroxylation sites is 1. The molecular formula is C20H22N4O2. The van der Waals surface area contributed by atoms with Crippen molar-refractivity contribution in [2.75, 3.05) is 19.0 Å². The molecule has 2 aromatic heterocycles. The molecule has 6 nitrogen and oxygen atoms in total. The molecule has 1 aliphatic carbocycles. The van der Waals surface area contributed by atoms with Gasteiger partial charge in [-0.2, -0.15) is 0 Å². The summed E-state index contributed by atoms with van der Waals surface area (Å²) >= 11 is 0. The van der Waals surface area contributed by atoms with E-state index in [2.05, 4.69) is 10.3 Å². The van der Waals surface area contributed by atoms with Gasteiger partial charge in [-0.3, -0.25) is 4.98 Å². The molecule has 1 aromatic carbocycles. The first-order valence-electron chi connectivity index (χ1n) is 8.88. The van der Waals surface area contributed by atoms with Gasteiger partial charge >= 0.3 is 0 Å². The zero-order chi connectivity index (χ0) is 17.9. The van der Waals surface area contributed by atoms with Crippen LogP contribution in [-0.2, 0) is 9.47 Å². The first-order chi connectivity index (χ1) is 12.8. The van der Waals surface area contributed by atoms with E-state index in [9.17, 15) is 0 Å². The van der Waals surface area contributed by atoms with Crippen LogP contribution in [-0.4, -0.2) is 46.9 Å². The van der Waals surface area contributed by atoms with Gasteiger partial charge in [-0.05, 0) is 37.6 Å². The summed E-state index contributed by atoms with van der Waals surface area (Å²) in [4.78, 5) is 13.6. The second kappa shape index (κ2) is 7.35. The van der Waals surface area contributed by atoms with E-state index in [0.717, 1.165) is 28.7 Å². The van der Waals surface area contributed by atoms with E-state index in [0.29, 0.717) is 12.4 Å². The van der Waals surface area contributed by atoms with E-state index in [4.69, 9.17) is 19.4 Å². The Kier molecular flexibility index (Phi) is 4.77. The van der Waals surface area contributed by atoms with E-state index in [1.807, 2.05) is 43.3 Å². The molecule has 3 atom stereocenters. The molecule has 1 fully saturated rings. The summed E-state index contributed by atoms with van der Waals surface area (Å²) in [6, 6.07) is 12.0. The fraction of sp³-hybridized carbons (Fsp3) is 0.350. The number of hydrogen-bond acceptors (Lipinski definition) is 6. The summed E-state index contributed by atoms with van der Waals surface area (Å²) in [6.07, 6.45) is 4.56. The van der Waals surface area contributed by atoms with Crippen molar-refractivity contribution in [2.45, 2.75) is 31.6 Å². The monoisotopic (exact) mass is 350 g/mol. The standard InChI is InChI=1S/C20H22N4O2/c1-3-26-17-12-16(18(17)25-2)23-20-14-6-4-5-7-15(14)22-19(24-20)13-8-10-21-11-9-13/h4-11,16-18H,3,12H2,1-2H3,(H,22,23,24)/t16-,17-,18+/m1/s1. The Morgan fingerprint density at radius 2 is 1.92 bits per heavy atom. The molecule has 3 aromatic rings. The predicted molar refractivity (Wildman–Crippen MR) is 101 cm³/mol. The number of aromatic nitrogens is 3. The normalized spacial score (nSPS) is 22.2. The van der Waals surface area contributed by atoms with Gasteiger partial charge < -0.3 is 14.8 Å². The van der Waals surface area contributed by atoms with Gasteiger partial charge in [0, 0.05) is 37.1 Å². The fourth-order valence-corrected chi connectivity index (χ4v) is 3.41. The van der Waals surface area contributed by atoms with Crippen LogP contribution in [0.25, 0.3) is 22.3 Å². The van der Waals surface area contributed by atoms with Crippen LogP contribution < -0.4 is 5.32 Å². The average Bonchev–Trinajstić information content (AvgIpc) is 2.68. The van der Waals surface area contributed by atoms with Crippen LogP contribution in [0.5, 0.6) is 0 Å². The van der Waals surface area contributed by atoms with E-state index >= 15 is 0 Å².